The Morgan fingerprint density at radius 2 is 1.47 bits per heavy atom. The summed E-state index contributed by atoms with van der Waals surface area (Å²) in [5.41, 5.74) is 5.72. The molecule has 0 heterocycles. The molecule has 1 amide bonds. The van der Waals surface area contributed by atoms with Gasteiger partial charge in [0.1, 0.15) is 6.61 Å². The molecule has 0 bridgehead atoms. The van der Waals surface area contributed by atoms with Gasteiger partial charge in [-0.25, -0.2) is 4.79 Å². The normalized spacial score (nSPS) is 13.1. The van der Waals surface area contributed by atoms with Crippen molar-refractivity contribution in [1.29, 1.82) is 0 Å². The summed E-state index contributed by atoms with van der Waals surface area (Å²) in [5, 5.41) is 14.6. The molecule has 1 aliphatic rings. The molecule has 32 heavy (non-hydrogen) atoms. The fraction of sp³-hybridized carbons (Fsp3) is 0.231. The molecule has 0 aliphatic heterocycles. The number of hydrogen-bond donors (Lipinski definition) is 3. The lowest BCUT2D eigenvalue weighted by atomic mass is 9.98. The Kier molecular flexibility index (Phi) is 6.82. The Bertz CT molecular complexity index is 1040. The smallest absolute Gasteiger partial charge is 0.407 e. The molecule has 164 valence electrons. The van der Waals surface area contributed by atoms with E-state index < -0.39 is 12.1 Å². The first-order chi connectivity index (χ1) is 15.6. The molecule has 3 aromatic rings. The van der Waals surface area contributed by atoms with Crippen molar-refractivity contribution >= 4 is 12.1 Å². The van der Waals surface area contributed by atoms with Gasteiger partial charge in [-0.1, -0.05) is 78.9 Å². The quantitative estimate of drug-likeness (QED) is 0.481. The SMILES string of the molecule is O=C(O)CNC[C@H](Cc1ccccc1)NC(=O)OCC1c2ccccc2-c2ccccc21. The maximum absolute atomic E-state index is 12.6. The van der Waals surface area contributed by atoms with Gasteiger partial charge in [0.2, 0.25) is 0 Å². The molecular weight excluding hydrogens is 404 g/mol. The Hall–Kier alpha value is -3.64. The van der Waals surface area contributed by atoms with Gasteiger partial charge < -0.3 is 20.5 Å². The van der Waals surface area contributed by atoms with Gasteiger partial charge in [-0.2, -0.15) is 0 Å². The summed E-state index contributed by atoms with van der Waals surface area (Å²) in [5.74, 6) is -0.949. The Morgan fingerprint density at radius 1 is 0.875 bits per heavy atom. The zero-order chi connectivity index (χ0) is 22.3. The van der Waals surface area contributed by atoms with E-state index >= 15 is 0 Å². The average Bonchev–Trinajstić information content (AvgIpc) is 3.12. The third-order valence-corrected chi connectivity index (χ3v) is 5.66. The van der Waals surface area contributed by atoms with Crippen LogP contribution in [-0.4, -0.2) is 42.9 Å². The standard InChI is InChI=1S/C26H26N2O4/c29-25(30)16-27-15-19(14-18-8-2-1-3-9-18)28-26(31)32-17-24-22-12-6-4-10-20(22)21-11-5-7-13-23(21)24/h1-13,19,24,27H,14-17H2,(H,28,31)(H,29,30)/t19-/m0/s1. The molecule has 0 saturated carbocycles. The summed E-state index contributed by atoms with van der Waals surface area (Å²) in [6, 6.07) is 25.8. The summed E-state index contributed by atoms with van der Waals surface area (Å²) >= 11 is 0. The lowest BCUT2D eigenvalue weighted by Crippen LogP contribution is -2.45. The summed E-state index contributed by atoms with van der Waals surface area (Å²) < 4.78 is 5.64. The molecule has 0 saturated heterocycles. The number of ether oxygens (including phenoxy) is 1. The molecule has 0 spiro atoms. The van der Waals surface area contributed by atoms with Gasteiger partial charge in [0.25, 0.3) is 0 Å². The van der Waals surface area contributed by atoms with Crippen LogP contribution in [0.5, 0.6) is 0 Å². The van der Waals surface area contributed by atoms with Gasteiger partial charge in [-0.3, -0.25) is 4.79 Å². The highest BCUT2D eigenvalue weighted by atomic mass is 16.5. The molecule has 6 nitrogen and oxygen atoms in total. The van der Waals surface area contributed by atoms with Crippen molar-refractivity contribution in [2.24, 2.45) is 0 Å². The lowest BCUT2D eigenvalue weighted by Gasteiger charge is -2.20. The Morgan fingerprint density at radius 3 is 2.09 bits per heavy atom. The largest absolute Gasteiger partial charge is 0.480 e. The zero-order valence-electron chi connectivity index (χ0n) is 17.7. The predicted octanol–water partition coefficient (Wildman–Crippen LogP) is 3.81. The highest BCUT2D eigenvalue weighted by Crippen LogP contribution is 2.44. The minimum atomic E-state index is -0.940. The second-order valence-electron chi connectivity index (χ2n) is 7.88. The van der Waals surface area contributed by atoms with E-state index in [1.165, 1.54) is 11.1 Å². The number of alkyl carbamates (subject to hydrolysis) is 1. The van der Waals surface area contributed by atoms with E-state index in [-0.39, 0.29) is 25.1 Å². The van der Waals surface area contributed by atoms with Crippen LogP contribution in [0.3, 0.4) is 0 Å². The number of carboxylic acids is 1. The van der Waals surface area contributed by atoms with E-state index in [0.717, 1.165) is 16.7 Å². The zero-order valence-corrected chi connectivity index (χ0v) is 17.7. The molecule has 0 radical (unpaired) electrons. The van der Waals surface area contributed by atoms with Crippen LogP contribution in [-0.2, 0) is 16.0 Å². The minimum absolute atomic E-state index is 0.00846. The van der Waals surface area contributed by atoms with Crippen LogP contribution in [0.25, 0.3) is 11.1 Å². The third-order valence-electron chi connectivity index (χ3n) is 5.66. The van der Waals surface area contributed by atoms with Gasteiger partial charge in [-0.15, -0.1) is 0 Å². The molecule has 6 heteroatoms. The van der Waals surface area contributed by atoms with Crippen LogP contribution in [0, 0.1) is 0 Å². The number of hydrogen-bond acceptors (Lipinski definition) is 4. The van der Waals surface area contributed by atoms with E-state index in [9.17, 15) is 9.59 Å². The summed E-state index contributed by atoms with van der Waals surface area (Å²) in [6.07, 6.45) is 0.0578. The van der Waals surface area contributed by atoms with Crippen molar-refractivity contribution < 1.29 is 19.4 Å². The first-order valence-corrected chi connectivity index (χ1v) is 10.7. The van der Waals surface area contributed by atoms with Crippen LogP contribution in [0.15, 0.2) is 78.9 Å². The van der Waals surface area contributed by atoms with Crippen molar-refractivity contribution in [3.8, 4) is 11.1 Å². The maximum Gasteiger partial charge on any atom is 0.407 e. The fourth-order valence-electron chi connectivity index (χ4n) is 4.23. The predicted molar refractivity (Wildman–Crippen MR) is 123 cm³/mol. The maximum atomic E-state index is 12.6. The number of rotatable bonds is 9. The number of benzene rings is 3. The van der Waals surface area contributed by atoms with Gasteiger partial charge in [0.05, 0.1) is 6.54 Å². The van der Waals surface area contributed by atoms with Crippen molar-refractivity contribution in [1.82, 2.24) is 10.6 Å². The van der Waals surface area contributed by atoms with E-state index in [2.05, 4.69) is 34.9 Å². The molecule has 0 aromatic heterocycles. The number of carbonyl (C=O) groups excluding carboxylic acids is 1. The highest BCUT2D eigenvalue weighted by molar-refractivity contribution is 5.79. The first-order valence-electron chi connectivity index (χ1n) is 10.7. The third kappa shape index (κ3) is 5.15. The summed E-state index contributed by atoms with van der Waals surface area (Å²) in [6.45, 7) is 0.392. The van der Waals surface area contributed by atoms with Crippen molar-refractivity contribution in [3.63, 3.8) is 0 Å². The molecule has 3 N–H and O–H groups in total. The van der Waals surface area contributed by atoms with Crippen LogP contribution < -0.4 is 10.6 Å². The van der Waals surface area contributed by atoms with Crippen LogP contribution in [0.1, 0.15) is 22.6 Å². The van der Waals surface area contributed by atoms with Gasteiger partial charge in [0.15, 0.2) is 0 Å². The second-order valence-corrected chi connectivity index (χ2v) is 7.88. The molecule has 0 fully saturated rings. The van der Waals surface area contributed by atoms with Crippen molar-refractivity contribution in [3.05, 3.63) is 95.6 Å². The first kappa shape index (κ1) is 21.6. The van der Waals surface area contributed by atoms with E-state index in [4.69, 9.17) is 9.84 Å². The second kappa shape index (κ2) is 10.1. The topological polar surface area (TPSA) is 87.7 Å². The van der Waals surface area contributed by atoms with Gasteiger partial charge in [-0.05, 0) is 34.2 Å². The Labute approximate surface area is 187 Å². The van der Waals surface area contributed by atoms with Crippen LogP contribution in [0.4, 0.5) is 4.79 Å². The summed E-state index contributed by atoms with van der Waals surface area (Å²) in [4.78, 5) is 23.5. The number of carbonyl (C=O) groups is 2. The van der Waals surface area contributed by atoms with Crippen molar-refractivity contribution in [2.75, 3.05) is 19.7 Å². The van der Waals surface area contributed by atoms with Gasteiger partial charge in [0, 0.05) is 18.5 Å². The number of carboxylic acid groups (broad SMARTS) is 1. The highest BCUT2D eigenvalue weighted by Gasteiger charge is 2.29. The van der Waals surface area contributed by atoms with Crippen molar-refractivity contribution in [2.45, 2.75) is 18.4 Å². The average molecular weight is 431 g/mol. The lowest BCUT2D eigenvalue weighted by molar-refractivity contribution is -0.135. The molecular formula is C26H26N2O4. The number of fused-ring (bicyclic) bond motifs is 3. The Balaban J connectivity index is 1.40. The van der Waals surface area contributed by atoms with Gasteiger partial charge >= 0.3 is 12.1 Å². The molecule has 3 aromatic carbocycles. The van der Waals surface area contributed by atoms with Crippen LogP contribution >= 0.6 is 0 Å². The fourth-order valence-corrected chi connectivity index (χ4v) is 4.23. The van der Waals surface area contributed by atoms with Crippen LogP contribution in [0.2, 0.25) is 0 Å². The monoisotopic (exact) mass is 430 g/mol. The number of aliphatic carboxylic acids is 1. The molecule has 1 aliphatic carbocycles. The number of amides is 1. The molecule has 1 atom stereocenters. The minimum Gasteiger partial charge on any atom is -0.480 e. The molecule has 4 rings (SSSR count). The van der Waals surface area contributed by atoms with E-state index in [1.807, 2.05) is 54.6 Å². The summed E-state index contributed by atoms with van der Waals surface area (Å²) in [7, 11) is 0. The van der Waals surface area contributed by atoms with E-state index in [1.54, 1.807) is 0 Å². The number of nitrogens with one attached hydrogen (secondary N) is 2. The van der Waals surface area contributed by atoms with E-state index in [0.29, 0.717) is 13.0 Å². The molecule has 0 unspecified atom stereocenters.